The molecule has 0 spiro atoms. The molecule has 3 heterocycles. The normalized spacial score (nSPS) is 21.0. The molecule has 0 radical (unpaired) electrons. The van der Waals surface area contributed by atoms with Gasteiger partial charge in [0.25, 0.3) is 5.91 Å². The Morgan fingerprint density at radius 3 is 2.61 bits per heavy atom. The van der Waals surface area contributed by atoms with Crippen molar-refractivity contribution in [2.75, 3.05) is 46.9 Å². The van der Waals surface area contributed by atoms with Crippen LogP contribution in [0.1, 0.15) is 47.0 Å². The van der Waals surface area contributed by atoms with Gasteiger partial charge in [0.2, 0.25) is 5.89 Å². The Morgan fingerprint density at radius 1 is 1.22 bits per heavy atom. The zero-order valence-electron chi connectivity index (χ0n) is 21.3. The van der Waals surface area contributed by atoms with Gasteiger partial charge in [-0.15, -0.1) is 0 Å². The molecule has 0 bridgehead atoms. The number of nitrogens with zero attached hydrogens (tertiary/aromatic N) is 6. The van der Waals surface area contributed by atoms with Crippen LogP contribution in [0, 0.1) is 0 Å². The minimum atomic E-state index is -0.365. The molecule has 2 aliphatic rings. The number of hydrogen-bond donors (Lipinski definition) is 0. The molecule has 36 heavy (non-hydrogen) atoms. The Balaban J connectivity index is 1.52. The predicted octanol–water partition coefficient (Wildman–Crippen LogP) is 3.55. The van der Waals surface area contributed by atoms with Crippen LogP contribution in [0.3, 0.4) is 0 Å². The summed E-state index contributed by atoms with van der Waals surface area (Å²) in [7, 11) is 3.63. The third-order valence-corrected chi connectivity index (χ3v) is 6.48. The number of carbonyl (C=O) groups excluding carboxylic acids is 1. The number of benzene rings is 1. The summed E-state index contributed by atoms with van der Waals surface area (Å²) in [5, 5.41) is 8.35. The Bertz CT molecular complexity index is 1140. The van der Waals surface area contributed by atoms with Crippen LogP contribution in [-0.4, -0.2) is 83.3 Å². The van der Waals surface area contributed by atoms with Crippen LogP contribution in [0.15, 0.2) is 64.8 Å². The quantitative estimate of drug-likeness (QED) is 0.413. The van der Waals surface area contributed by atoms with Gasteiger partial charge in [-0.3, -0.25) is 9.69 Å². The molecule has 2 aliphatic heterocycles. The van der Waals surface area contributed by atoms with Crippen LogP contribution in [0.2, 0.25) is 0 Å². The molecule has 0 unspecified atom stereocenters. The fourth-order valence-corrected chi connectivity index (χ4v) is 4.53. The van der Waals surface area contributed by atoms with Gasteiger partial charge < -0.3 is 19.2 Å². The van der Waals surface area contributed by atoms with Crippen molar-refractivity contribution in [3.05, 3.63) is 78.0 Å². The van der Waals surface area contributed by atoms with Gasteiger partial charge in [0, 0.05) is 38.2 Å². The van der Waals surface area contributed by atoms with Gasteiger partial charge >= 0.3 is 0 Å². The largest absolute Gasteiger partial charge is 0.399 e. The number of piperazine rings is 1. The van der Waals surface area contributed by atoms with Crippen LogP contribution < -0.4 is 0 Å². The second-order valence-corrected chi connectivity index (χ2v) is 9.05. The smallest absolute Gasteiger partial charge is 0.254 e. The van der Waals surface area contributed by atoms with Crippen molar-refractivity contribution in [3.63, 3.8) is 0 Å². The summed E-state index contributed by atoms with van der Waals surface area (Å²) in [6, 6.07) is 7.21. The lowest BCUT2D eigenvalue weighted by atomic mass is 10.0. The topological polar surface area (TPSA) is 87.3 Å². The van der Waals surface area contributed by atoms with E-state index in [1.165, 1.54) is 7.11 Å². The highest BCUT2D eigenvalue weighted by Gasteiger charge is 2.38. The number of carbonyl (C=O) groups is 1. The summed E-state index contributed by atoms with van der Waals surface area (Å²) in [5.74, 6) is 0.946. The van der Waals surface area contributed by atoms with Crippen LogP contribution in [0.5, 0.6) is 0 Å². The molecule has 2 aromatic rings. The average Bonchev–Trinajstić information content (AvgIpc) is 3.52. The first-order chi connectivity index (χ1) is 17.5. The van der Waals surface area contributed by atoms with Crippen molar-refractivity contribution >= 4 is 17.2 Å². The maximum absolute atomic E-state index is 13.6. The van der Waals surface area contributed by atoms with Gasteiger partial charge in [-0.2, -0.15) is 4.98 Å². The highest BCUT2D eigenvalue weighted by molar-refractivity contribution is 6.00. The molecule has 1 atom stereocenters. The Hall–Kier alpha value is -3.56. The monoisotopic (exact) mass is 490 g/mol. The molecular weight excluding hydrogens is 456 g/mol. The maximum Gasteiger partial charge on any atom is 0.254 e. The second kappa shape index (κ2) is 11.9. The van der Waals surface area contributed by atoms with Crippen molar-refractivity contribution in [2.45, 2.75) is 25.9 Å². The maximum atomic E-state index is 13.6. The Morgan fingerprint density at radius 2 is 1.94 bits per heavy atom. The van der Waals surface area contributed by atoms with Gasteiger partial charge in [0.15, 0.2) is 5.82 Å². The van der Waals surface area contributed by atoms with Crippen molar-refractivity contribution in [2.24, 2.45) is 5.16 Å². The number of allylic oxidation sites excluding steroid dienone is 5. The number of amides is 1. The number of aromatic nitrogens is 2. The molecule has 1 aromatic heterocycles. The van der Waals surface area contributed by atoms with Gasteiger partial charge in [-0.25, -0.2) is 0 Å². The summed E-state index contributed by atoms with van der Waals surface area (Å²) >= 11 is 0. The molecule has 1 amide bonds. The SMILES string of the molecule is C=C/C=C(\C=C/C)c1ccc(C(=O)N2C/C(=N\OC)C[C@H]2c2noc(CN3CCN(C)CC3)n2)cc1. The second-order valence-electron chi connectivity index (χ2n) is 9.05. The lowest BCUT2D eigenvalue weighted by molar-refractivity contribution is 0.0732. The summed E-state index contributed by atoms with van der Waals surface area (Å²) in [4.78, 5) is 29.6. The molecule has 1 aromatic carbocycles. The summed E-state index contributed by atoms with van der Waals surface area (Å²) < 4.78 is 5.58. The number of rotatable bonds is 8. The van der Waals surface area contributed by atoms with Crippen LogP contribution in [0.25, 0.3) is 5.57 Å². The van der Waals surface area contributed by atoms with E-state index in [9.17, 15) is 4.79 Å². The number of likely N-dealkylation sites (N-methyl/N-ethyl adjacent to an activating group) is 1. The molecular formula is C27H34N6O3. The number of likely N-dealkylation sites (tertiary alicyclic amines) is 1. The number of oxime groups is 1. The first kappa shape index (κ1) is 25.5. The fraction of sp³-hybridized carbons (Fsp3) is 0.407. The summed E-state index contributed by atoms with van der Waals surface area (Å²) in [6.45, 7) is 10.7. The highest BCUT2D eigenvalue weighted by atomic mass is 16.6. The summed E-state index contributed by atoms with van der Waals surface area (Å²) in [5.41, 5.74) is 3.39. The lowest BCUT2D eigenvalue weighted by Crippen LogP contribution is -2.43. The van der Waals surface area contributed by atoms with E-state index in [-0.39, 0.29) is 11.9 Å². The van der Waals surface area contributed by atoms with Crippen molar-refractivity contribution in [3.8, 4) is 0 Å². The molecule has 190 valence electrons. The van der Waals surface area contributed by atoms with E-state index < -0.39 is 0 Å². The lowest BCUT2D eigenvalue weighted by Gasteiger charge is -2.31. The molecule has 9 nitrogen and oxygen atoms in total. The summed E-state index contributed by atoms with van der Waals surface area (Å²) in [6.07, 6.45) is 8.18. The zero-order valence-corrected chi connectivity index (χ0v) is 21.3. The first-order valence-electron chi connectivity index (χ1n) is 12.2. The minimum Gasteiger partial charge on any atom is -0.399 e. The van der Waals surface area contributed by atoms with E-state index in [2.05, 4.69) is 38.7 Å². The zero-order chi connectivity index (χ0) is 25.5. The molecule has 2 saturated heterocycles. The van der Waals surface area contributed by atoms with Gasteiger partial charge in [-0.1, -0.05) is 53.3 Å². The molecule has 0 N–H and O–H groups in total. The Kier molecular flexibility index (Phi) is 8.45. The van der Waals surface area contributed by atoms with Gasteiger partial charge in [0.05, 0.1) is 18.8 Å². The van der Waals surface area contributed by atoms with Crippen molar-refractivity contribution < 1.29 is 14.2 Å². The van der Waals surface area contributed by atoms with Crippen LogP contribution >= 0.6 is 0 Å². The standard InChI is InChI=1S/C27H34N6O3/c1-5-7-20(8-6-2)21-9-11-22(12-10-21)27(34)33-18-23(29-35-4)17-24(33)26-28-25(36-30-26)19-32-15-13-31(3)14-16-32/h5-12,24H,1,13-19H2,2-4H3/b8-6-,20-7+,29-23-/t24-/m0/s1. The molecule has 2 fully saturated rings. The fourth-order valence-electron chi connectivity index (χ4n) is 4.53. The van der Waals surface area contributed by atoms with Gasteiger partial charge in [0.1, 0.15) is 13.2 Å². The van der Waals surface area contributed by atoms with E-state index in [1.54, 1.807) is 11.0 Å². The van der Waals surface area contributed by atoms with E-state index in [0.29, 0.717) is 36.8 Å². The molecule has 9 heteroatoms. The van der Waals surface area contributed by atoms with Crippen LogP contribution in [-0.2, 0) is 11.4 Å². The molecule has 0 aliphatic carbocycles. The van der Waals surface area contributed by atoms with Crippen LogP contribution in [0.4, 0.5) is 0 Å². The predicted molar refractivity (Wildman–Crippen MR) is 139 cm³/mol. The molecule has 4 rings (SSSR count). The van der Waals surface area contributed by atoms with E-state index in [4.69, 9.17) is 9.36 Å². The van der Waals surface area contributed by atoms with Crippen molar-refractivity contribution in [1.82, 2.24) is 24.8 Å². The first-order valence-corrected chi connectivity index (χ1v) is 12.2. The third-order valence-electron chi connectivity index (χ3n) is 6.48. The molecule has 0 saturated carbocycles. The van der Waals surface area contributed by atoms with E-state index >= 15 is 0 Å². The van der Waals surface area contributed by atoms with Crippen molar-refractivity contribution in [1.29, 1.82) is 0 Å². The minimum absolute atomic E-state index is 0.112. The van der Waals surface area contributed by atoms with E-state index in [0.717, 1.165) is 43.0 Å². The highest BCUT2D eigenvalue weighted by Crippen LogP contribution is 2.31. The van der Waals surface area contributed by atoms with Gasteiger partial charge in [-0.05, 0) is 37.2 Å². The average molecular weight is 491 g/mol. The number of hydrogen-bond acceptors (Lipinski definition) is 8. The van der Waals surface area contributed by atoms with E-state index in [1.807, 2.05) is 49.4 Å². The third kappa shape index (κ3) is 5.98. The Labute approximate surface area is 212 Å².